The molecule has 0 fully saturated rings. The van der Waals surface area contributed by atoms with Crippen molar-refractivity contribution in [3.05, 3.63) is 30.5 Å². The highest BCUT2D eigenvalue weighted by atomic mass is 16.5. The van der Waals surface area contributed by atoms with E-state index in [4.69, 9.17) is 15.2 Å². The second kappa shape index (κ2) is 4.01. The van der Waals surface area contributed by atoms with Crippen molar-refractivity contribution in [3.63, 3.8) is 0 Å². The molecule has 0 saturated heterocycles. The van der Waals surface area contributed by atoms with Crippen LogP contribution in [0.4, 0.5) is 5.82 Å². The first-order chi connectivity index (χ1) is 8.33. The molecule has 0 atom stereocenters. The molecule has 0 amide bonds. The van der Waals surface area contributed by atoms with Crippen LogP contribution in [0.1, 0.15) is 6.42 Å². The van der Waals surface area contributed by atoms with Crippen LogP contribution in [0.2, 0.25) is 0 Å². The molecule has 2 aromatic rings. The standard InChI is InChI=1S/C12H13N3O2/c13-12-4-5-15(14-12)9-2-3-10-11(8-9)17-7-1-6-16-10/h2-5,8H,1,6-7H2,(H2,13,14). The minimum absolute atomic E-state index is 0.497. The zero-order chi connectivity index (χ0) is 11.7. The topological polar surface area (TPSA) is 62.3 Å². The van der Waals surface area contributed by atoms with Gasteiger partial charge in [-0.25, -0.2) is 4.68 Å². The average molecular weight is 231 g/mol. The van der Waals surface area contributed by atoms with Crippen LogP contribution >= 0.6 is 0 Å². The molecule has 1 aliphatic heterocycles. The number of nitrogens with two attached hydrogens (primary N) is 1. The molecule has 17 heavy (non-hydrogen) atoms. The third-order valence-electron chi connectivity index (χ3n) is 2.61. The van der Waals surface area contributed by atoms with Crippen molar-refractivity contribution in [2.45, 2.75) is 6.42 Å². The Hall–Kier alpha value is -2.17. The Bertz CT molecular complexity index is 536. The average Bonchev–Trinajstić information content (AvgIpc) is 2.64. The van der Waals surface area contributed by atoms with Crippen LogP contribution in [0, 0.1) is 0 Å². The molecule has 0 bridgehead atoms. The zero-order valence-electron chi connectivity index (χ0n) is 9.30. The van der Waals surface area contributed by atoms with Gasteiger partial charge in [-0.15, -0.1) is 0 Å². The summed E-state index contributed by atoms with van der Waals surface area (Å²) in [7, 11) is 0. The largest absolute Gasteiger partial charge is 0.490 e. The van der Waals surface area contributed by atoms with E-state index in [-0.39, 0.29) is 0 Å². The van der Waals surface area contributed by atoms with Crippen LogP contribution in [0.25, 0.3) is 5.69 Å². The number of nitrogen functional groups attached to an aromatic ring is 1. The van der Waals surface area contributed by atoms with Crippen molar-refractivity contribution in [1.29, 1.82) is 0 Å². The molecule has 2 heterocycles. The summed E-state index contributed by atoms with van der Waals surface area (Å²) in [6.07, 6.45) is 2.72. The van der Waals surface area contributed by atoms with Gasteiger partial charge in [0.2, 0.25) is 0 Å². The summed E-state index contributed by atoms with van der Waals surface area (Å²) < 4.78 is 12.9. The Kier molecular flexibility index (Phi) is 2.36. The highest BCUT2D eigenvalue weighted by Gasteiger charge is 2.11. The number of benzene rings is 1. The summed E-state index contributed by atoms with van der Waals surface area (Å²) in [6, 6.07) is 7.49. The van der Waals surface area contributed by atoms with E-state index in [2.05, 4.69) is 5.10 Å². The van der Waals surface area contributed by atoms with E-state index < -0.39 is 0 Å². The molecule has 0 spiro atoms. The molecule has 0 saturated carbocycles. The van der Waals surface area contributed by atoms with E-state index in [1.165, 1.54) is 0 Å². The SMILES string of the molecule is Nc1ccn(-c2ccc3c(c2)OCCCO3)n1. The maximum absolute atomic E-state index is 5.62. The van der Waals surface area contributed by atoms with Crippen molar-refractivity contribution < 1.29 is 9.47 Å². The molecule has 0 aliphatic carbocycles. The van der Waals surface area contributed by atoms with Gasteiger partial charge in [-0.3, -0.25) is 0 Å². The number of ether oxygens (including phenoxy) is 2. The fourth-order valence-electron chi connectivity index (χ4n) is 1.78. The summed E-state index contributed by atoms with van der Waals surface area (Å²) in [5.74, 6) is 2.04. The van der Waals surface area contributed by atoms with Gasteiger partial charge in [-0.1, -0.05) is 0 Å². The molecule has 1 aliphatic rings. The first kappa shape index (κ1) is 10.0. The van der Waals surface area contributed by atoms with Gasteiger partial charge in [0.25, 0.3) is 0 Å². The van der Waals surface area contributed by atoms with E-state index in [9.17, 15) is 0 Å². The van der Waals surface area contributed by atoms with Crippen LogP contribution in [0.15, 0.2) is 30.5 Å². The quantitative estimate of drug-likeness (QED) is 0.810. The van der Waals surface area contributed by atoms with E-state index >= 15 is 0 Å². The van der Waals surface area contributed by atoms with Gasteiger partial charge < -0.3 is 15.2 Å². The predicted octanol–water partition coefficient (Wildman–Crippen LogP) is 1.62. The normalized spacial score (nSPS) is 14.4. The Labute approximate surface area is 98.8 Å². The third-order valence-corrected chi connectivity index (χ3v) is 2.61. The Balaban J connectivity index is 2.00. The van der Waals surface area contributed by atoms with Gasteiger partial charge in [-0.05, 0) is 12.1 Å². The maximum Gasteiger partial charge on any atom is 0.163 e. The fraction of sp³-hybridized carbons (Fsp3) is 0.250. The Morgan fingerprint density at radius 2 is 1.94 bits per heavy atom. The van der Waals surface area contributed by atoms with Crippen LogP contribution in [-0.2, 0) is 0 Å². The summed E-state index contributed by atoms with van der Waals surface area (Å²) in [5, 5.41) is 4.15. The highest BCUT2D eigenvalue weighted by molar-refractivity contribution is 5.49. The first-order valence-electron chi connectivity index (χ1n) is 5.54. The fourth-order valence-corrected chi connectivity index (χ4v) is 1.78. The van der Waals surface area contributed by atoms with Crippen LogP contribution in [0.3, 0.4) is 0 Å². The van der Waals surface area contributed by atoms with Crippen molar-refractivity contribution in [2.75, 3.05) is 18.9 Å². The second-order valence-corrected chi connectivity index (χ2v) is 3.87. The molecule has 1 aromatic carbocycles. The van der Waals surface area contributed by atoms with Gasteiger partial charge in [0.15, 0.2) is 11.5 Å². The van der Waals surface area contributed by atoms with E-state index in [1.807, 2.05) is 24.4 Å². The molecule has 5 heteroatoms. The van der Waals surface area contributed by atoms with Crippen molar-refractivity contribution in [2.24, 2.45) is 0 Å². The number of rotatable bonds is 1. The molecule has 0 radical (unpaired) electrons. The lowest BCUT2D eigenvalue weighted by Gasteiger charge is -2.09. The van der Waals surface area contributed by atoms with Crippen molar-refractivity contribution in [1.82, 2.24) is 9.78 Å². The van der Waals surface area contributed by atoms with Crippen LogP contribution in [0.5, 0.6) is 11.5 Å². The zero-order valence-corrected chi connectivity index (χ0v) is 9.30. The number of fused-ring (bicyclic) bond motifs is 1. The van der Waals surface area contributed by atoms with Crippen LogP contribution in [-0.4, -0.2) is 23.0 Å². The first-order valence-corrected chi connectivity index (χ1v) is 5.54. The van der Waals surface area contributed by atoms with Gasteiger partial charge in [0.1, 0.15) is 5.82 Å². The lowest BCUT2D eigenvalue weighted by atomic mass is 10.3. The minimum atomic E-state index is 0.497. The molecule has 88 valence electrons. The summed E-state index contributed by atoms with van der Waals surface area (Å²) >= 11 is 0. The predicted molar refractivity (Wildman–Crippen MR) is 63.6 cm³/mol. The number of hydrogen-bond acceptors (Lipinski definition) is 4. The number of nitrogens with zero attached hydrogens (tertiary/aromatic N) is 2. The lowest BCUT2D eigenvalue weighted by Crippen LogP contribution is -1.98. The van der Waals surface area contributed by atoms with E-state index in [1.54, 1.807) is 10.7 Å². The van der Waals surface area contributed by atoms with Gasteiger partial charge >= 0.3 is 0 Å². The van der Waals surface area contributed by atoms with Gasteiger partial charge in [0.05, 0.1) is 18.9 Å². The maximum atomic E-state index is 5.62. The van der Waals surface area contributed by atoms with E-state index in [0.29, 0.717) is 19.0 Å². The summed E-state index contributed by atoms with van der Waals surface area (Å²) in [4.78, 5) is 0. The number of hydrogen-bond donors (Lipinski definition) is 1. The molecular formula is C12H13N3O2. The van der Waals surface area contributed by atoms with E-state index in [0.717, 1.165) is 23.6 Å². The molecule has 1 aromatic heterocycles. The van der Waals surface area contributed by atoms with Gasteiger partial charge in [0, 0.05) is 24.8 Å². The molecule has 0 unspecified atom stereocenters. The monoisotopic (exact) mass is 231 g/mol. The number of aromatic nitrogens is 2. The Morgan fingerprint density at radius 1 is 1.12 bits per heavy atom. The van der Waals surface area contributed by atoms with Crippen molar-refractivity contribution in [3.8, 4) is 17.2 Å². The molecular weight excluding hydrogens is 218 g/mol. The van der Waals surface area contributed by atoms with Crippen molar-refractivity contribution >= 4 is 5.82 Å². The third kappa shape index (κ3) is 1.91. The minimum Gasteiger partial charge on any atom is -0.490 e. The molecule has 2 N–H and O–H groups in total. The second-order valence-electron chi connectivity index (χ2n) is 3.87. The molecule has 5 nitrogen and oxygen atoms in total. The lowest BCUT2D eigenvalue weighted by molar-refractivity contribution is 0.297. The van der Waals surface area contributed by atoms with Crippen LogP contribution < -0.4 is 15.2 Å². The molecule has 3 rings (SSSR count). The summed E-state index contributed by atoms with van der Waals surface area (Å²) in [5.41, 5.74) is 6.50. The Morgan fingerprint density at radius 3 is 2.71 bits per heavy atom. The summed E-state index contributed by atoms with van der Waals surface area (Å²) in [6.45, 7) is 1.37. The number of anilines is 1. The smallest absolute Gasteiger partial charge is 0.163 e. The van der Waals surface area contributed by atoms with Gasteiger partial charge in [-0.2, -0.15) is 5.10 Å². The highest BCUT2D eigenvalue weighted by Crippen LogP contribution is 2.31.